The van der Waals surface area contributed by atoms with Gasteiger partial charge in [-0.1, -0.05) is 23.4 Å². The maximum absolute atomic E-state index is 9.99. The number of halogens is 1. The Morgan fingerprint density at radius 2 is 2.00 bits per heavy atom. The summed E-state index contributed by atoms with van der Waals surface area (Å²) in [5.41, 5.74) is 2.08. The largest absolute Gasteiger partial charge is 0.508 e. The zero-order valence-electron chi connectivity index (χ0n) is 14.0. The third kappa shape index (κ3) is 3.43. The van der Waals surface area contributed by atoms with E-state index in [1.54, 1.807) is 31.0 Å². The van der Waals surface area contributed by atoms with Crippen molar-refractivity contribution in [3.8, 4) is 11.5 Å². The second-order valence-electron chi connectivity index (χ2n) is 6.02. The first-order chi connectivity index (χ1) is 11.5. The quantitative estimate of drug-likeness (QED) is 0.838. The Bertz CT molecular complexity index is 752. The first-order valence-electron chi connectivity index (χ1n) is 7.80. The van der Waals surface area contributed by atoms with Gasteiger partial charge < -0.3 is 19.6 Å². The van der Waals surface area contributed by atoms with Gasteiger partial charge in [0.2, 0.25) is 0 Å². The fourth-order valence-corrected chi connectivity index (χ4v) is 4.17. The molecule has 0 fully saturated rings. The van der Waals surface area contributed by atoms with Crippen LogP contribution in [-0.4, -0.2) is 44.3 Å². The van der Waals surface area contributed by atoms with Crippen LogP contribution in [0.25, 0.3) is 0 Å². The third-order valence-corrected chi connectivity index (χ3v) is 5.26. The maximum atomic E-state index is 9.99. The smallest absolute Gasteiger partial charge is 0.147 e. The van der Waals surface area contributed by atoms with E-state index in [2.05, 4.69) is 23.9 Å². The number of hydrogen-bond acceptors (Lipinski definition) is 5. The van der Waals surface area contributed by atoms with Crippen LogP contribution in [0.1, 0.15) is 6.42 Å². The van der Waals surface area contributed by atoms with Crippen LogP contribution in [0, 0.1) is 0 Å². The van der Waals surface area contributed by atoms with Crippen LogP contribution in [0.4, 0.5) is 11.4 Å². The van der Waals surface area contributed by atoms with E-state index in [0.717, 1.165) is 40.7 Å². The van der Waals surface area contributed by atoms with E-state index < -0.39 is 0 Å². The number of hydrogen-bond donors (Lipinski definition) is 1. The summed E-state index contributed by atoms with van der Waals surface area (Å²) >= 11 is 7.86. The molecule has 0 radical (unpaired) electrons. The lowest BCUT2D eigenvalue weighted by atomic mass is 10.2. The van der Waals surface area contributed by atoms with Crippen molar-refractivity contribution in [3.05, 3.63) is 35.4 Å². The van der Waals surface area contributed by atoms with Crippen LogP contribution < -0.4 is 9.64 Å². The van der Waals surface area contributed by atoms with Crippen LogP contribution in [0.15, 0.2) is 40.1 Å². The van der Waals surface area contributed by atoms with Gasteiger partial charge in [0.15, 0.2) is 0 Å². The summed E-state index contributed by atoms with van der Waals surface area (Å²) in [6.07, 6.45) is 1.01. The molecule has 4 nitrogen and oxygen atoms in total. The van der Waals surface area contributed by atoms with Crippen molar-refractivity contribution in [1.29, 1.82) is 0 Å². The van der Waals surface area contributed by atoms with E-state index in [0.29, 0.717) is 10.8 Å². The molecule has 128 valence electrons. The predicted molar refractivity (Wildman–Crippen MR) is 100 cm³/mol. The number of nitrogens with zero attached hydrogens (tertiary/aromatic N) is 2. The number of ether oxygens (including phenoxy) is 1. The highest BCUT2D eigenvalue weighted by atomic mass is 35.5. The van der Waals surface area contributed by atoms with Gasteiger partial charge in [-0.15, -0.1) is 0 Å². The van der Waals surface area contributed by atoms with Crippen molar-refractivity contribution in [3.63, 3.8) is 0 Å². The van der Waals surface area contributed by atoms with Crippen LogP contribution >= 0.6 is 23.4 Å². The average molecular weight is 365 g/mol. The van der Waals surface area contributed by atoms with Gasteiger partial charge in [0.25, 0.3) is 0 Å². The highest BCUT2D eigenvalue weighted by molar-refractivity contribution is 7.99. The first-order valence-corrected chi connectivity index (χ1v) is 8.99. The molecule has 0 atom stereocenters. The Morgan fingerprint density at radius 1 is 1.21 bits per heavy atom. The van der Waals surface area contributed by atoms with Crippen molar-refractivity contribution in [2.75, 3.05) is 39.2 Å². The fourth-order valence-electron chi connectivity index (χ4n) is 2.87. The first kappa shape index (κ1) is 17.3. The summed E-state index contributed by atoms with van der Waals surface area (Å²) < 4.78 is 5.54. The second-order valence-corrected chi connectivity index (χ2v) is 7.54. The molecule has 1 aliphatic rings. The van der Waals surface area contributed by atoms with Gasteiger partial charge in [0.1, 0.15) is 11.5 Å². The molecule has 0 unspecified atom stereocenters. The molecule has 0 saturated heterocycles. The Kier molecular flexibility index (Phi) is 5.13. The number of fused-ring (bicyclic) bond motifs is 2. The number of anilines is 2. The van der Waals surface area contributed by atoms with Gasteiger partial charge in [-0.2, -0.15) is 0 Å². The minimum absolute atomic E-state index is 0.212. The Balaban J connectivity index is 2.06. The predicted octanol–water partition coefficient (Wildman–Crippen LogP) is 4.61. The molecule has 2 aromatic rings. The molecular weight excluding hydrogens is 344 g/mol. The van der Waals surface area contributed by atoms with Gasteiger partial charge in [0, 0.05) is 27.4 Å². The molecule has 0 saturated carbocycles. The standard InChI is InChI=1S/C18H21ClN2O2S/c1-20(2)7-4-8-21-14-9-12(19)5-6-16(14)24-17-11-13(22)10-15(23-3)18(17)21/h5-6,9-11,22H,4,7-8H2,1-3H3. The van der Waals surface area contributed by atoms with Crippen molar-refractivity contribution in [2.45, 2.75) is 16.2 Å². The molecule has 0 aliphatic carbocycles. The summed E-state index contributed by atoms with van der Waals surface area (Å²) in [4.78, 5) is 6.54. The molecule has 1 heterocycles. The Hall–Kier alpha value is -1.56. The molecule has 1 aliphatic heterocycles. The number of phenolic OH excluding ortho intramolecular Hbond substituents is 1. The van der Waals surface area contributed by atoms with Crippen LogP contribution in [-0.2, 0) is 0 Å². The lowest BCUT2D eigenvalue weighted by Gasteiger charge is -2.34. The summed E-state index contributed by atoms with van der Waals surface area (Å²) in [7, 11) is 5.78. The Labute approximate surface area is 152 Å². The minimum Gasteiger partial charge on any atom is -0.508 e. The summed E-state index contributed by atoms with van der Waals surface area (Å²) in [6.45, 7) is 1.84. The van der Waals surface area contributed by atoms with E-state index in [9.17, 15) is 5.11 Å². The minimum atomic E-state index is 0.212. The summed E-state index contributed by atoms with van der Waals surface area (Å²) in [5.74, 6) is 0.886. The zero-order valence-corrected chi connectivity index (χ0v) is 15.6. The van der Waals surface area contributed by atoms with E-state index in [-0.39, 0.29) is 5.75 Å². The van der Waals surface area contributed by atoms with E-state index in [4.69, 9.17) is 16.3 Å². The van der Waals surface area contributed by atoms with Gasteiger partial charge in [-0.25, -0.2) is 0 Å². The molecule has 0 spiro atoms. The number of phenols is 1. The highest BCUT2D eigenvalue weighted by Gasteiger charge is 2.27. The fraction of sp³-hybridized carbons (Fsp3) is 0.333. The highest BCUT2D eigenvalue weighted by Crippen LogP contribution is 2.53. The van der Waals surface area contributed by atoms with Crippen LogP contribution in [0.2, 0.25) is 5.02 Å². The number of rotatable bonds is 5. The van der Waals surface area contributed by atoms with Gasteiger partial charge in [-0.3, -0.25) is 0 Å². The second kappa shape index (κ2) is 7.13. The normalized spacial score (nSPS) is 13.0. The van der Waals surface area contributed by atoms with Gasteiger partial charge >= 0.3 is 0 Å². The van der Waals surface area contributed by atoms with Crippen LogP contribution in [0.3, 0.4) is 0 Å². The topological polar surface area (TPSA) is 35.9 Å². The SMILES string of the molecule is COc1cc(O)cc2c1N(CCCN(C)C)c1cc(Cl)ccc1S2. The lowest BCUT2D eigenvalue weighted by molar-refractivity contribution is 0.398. The molecule has 0 aromatic heterocycles. The van der Waals surface area contributed by atoms with Gasteiger partial charge in [-0.05, 0) is 51.3 Å². The van der Waals surface area contributed by atoms with Crippen molar-refractivity contribution in [1.82, 2.24) is 4.90 Å². The molecule has 0 amide bonds. The molecule has 3 rings (SSSR count). The molecule has 6 heteroatoms. The van der Waals surface area contributed by atoms with Crippen molar-refractivity contribution >= 4 is 34.7 Å². The summed E-state index contributed by atoms with van der Waals surface area (Å²) in [5, 5.41) is 10.7. The van der Waals surface area contributed by atoms with Gasteiger partial charge in [0.05, 0.1) is 18.5 Å². The van der Waals surface area contributed by atoms with E-state index in [1.165, 1.54) is 0 Å². The van der Waals surface area contributed by atoms with E-state index in [1.807, 2.05) is 18.2 Å². The third-order valence-electron chi connectivity index (χ3n) is 3.93. The molecule has 0 bridgehead atoms. The monoisotopic (exact) mass is 364 g/mol. The van der Waals surface area contributed by atoms with Crippen LogP contribution in [0.5, 0.6) is 11.5 Å². The molecule has 2 aromatic carbocycles. The lowest BCUT2D eigenvalue weighted by Crippen LogP contribution is -2.25. The molecule has 1 N–H and O–H groups in total. The number of benzene rings is 2. The average Bonchev–Trinajstić information content (AvgIpc) is 2.53. The Morgan fingerprint density at radius 3 is 2.71 bits per heavy atom. The maximum Gasteiger partial charge on any atom is 0.147 e. The zero-order chi connectivity index (χ0) is 17.3. The van der Waals surface area contributed by atoms with Crippen molar-refractivity contribution < 1.29 is 9.84 Å². The van der Waals surface area contributed by atoms with Crippen molar-refractivity contribution in [2.24, 2.45) is 0 Å². The summed E-state index contributed by atoms with van der Waals surface area (Å²) in [6, 6.07) is 9.37. The number of aromatic hydroxyl groups is 1. The molecular formula is C18H21ClN2O2S. The van der Waals surface area contributed by atoms with E-state index >= 15 is 0 Å². The molecule has 24 heavy (non-hydrogen) atoms. The number of methoxy groups -OCH3 is 1.